The third-order valence-corrected chi connectivity index (χ3v) is 13.0. The minimum absolute atomic E-state index is 0.791. The summed E-state index contributed by atoms with van der Waals surface area (Å²) in [4.78, 5) is 8.62. The first-order chi connectivity index (χ1) is 17.5. The van der Waals surface area contributed by atoms with Crippen molar-refractivity contribution < 1.29 is 0 Å². The van der Waals surface area contributed by atoms with E-state index in [1.165, 1.54) is 31.7 Å². The summed E-state index contributed by atoms with van der Waals surface area (Å²) in [5, 5.41) is 8.58. The van der Waals surface area contributed by atoms with Crippen LogP contribution in [0.4, 0.5) is 5.82 Å². The first-order valence-corrected chi connectivity index (χ1v) is 16.5. The van der Waals surface area contributed by atoms with Gasteiger partial charge in [0.2, 0.25) is 0 Å². The van der Waals surface area contributed by atoms with Crippen LogP contribution in [0, 0.1) is 6.92 Å². The standard InChI is InChI=1S/C28H26BrCl2N3S2/c1-19-3-2-4-28(32-19)33-9-11-34(12-10-33)36(17-20(15-29)25-14-23(31)6-8-27(25)36)18-21-16-35-26-7-5-22(30)13-24(21)26/h2-8,13-14,16-17H,9-12,15,18H2,1H3. The van der Waals surface area contributed by atoms with Gasteiger partial charge in [0, 0.05) is 62.6 Å². The average molecular weight is 619 g/mol. The third-order valence-electron chi connectivity index (χ3n) is 7.04. The summed E-state index contributed by atoms with van der Waals surface area (Å²) in [6, 6.07) is 19.0. The molecule has 4 heterocycles. The monoisotopic (exact) mass is 617 g/mol. The zero-order valence-corrected chi connectivity index (χ0v) is 24.6. The lowest BCUT2D eigenvalue weighted by atomic mass is 10.1. The van der Waals surface area contributed by atoms with E-state index in [0.29, 0.717) is 0 Å². The number of thiophene rings is 1. The molecular weight excluding hydrogens is 593 g/mol. The van der Waals surface area contributed by atoms with Crippen LogP contribution in [0.5, 0.6) is 0 Å². The van der Waals surface area contributed by atoms with Crippen LogP contribution in [-0.2, 0) is 5.75 Å². The minimum atomic E-state index is -1.44. The molecule has 6 rings (SSSR count). The topological polar surface area (TPSA) is 19.4 Å². The highest BCUT2D eigenvalue weighted by atomic mass is 79.9. The molecule has 0 aliphatic carbocycles. The summed E-state index contributed by atoms with van der Waals surface area (Å²) in [5.74, 6) is 2.05. The fourth-order valence-electron chi connectivity index (χ4n) is 5.30. The van der Waals surface area contributed by atoms with E-state index < -0.39 is 10.2 Å². The number of nitrogens with zero attached hydrogens (tertiary/aromatic N) is 3. The second kappa shape index (κ2) is 9.97. The first-order valence-electron chi connectivity index (χ1n) is 11.9. The number of aryl methyl sites for hydroxylation is 1. The summed E-state index contributed by atoms with van der Waals surface area (Å²) >= 11 is 18.5. The number of hydrogen-bond acceptors (Lipinski definition) is 4. The van der Waals surface area contributed by atoms with Crippen LogP contribution in [0.2, 0.25) is 10.0 Å². The van der Waals surface area contributed by atoms with Crippen molar-refractivity contribution in [2.75, 3.05) is 36.4 Å². The van der Waals surface area contributed by atoms with Gasteiger partial charge in [-0.15, -0.1) is 21.6 Å². The molecule has 1 fully saturated rings. The Hall–Kier alpha value is -1.54. The number of allylic oxidation sites excluding steroid dienone is 1. The molecule has 2 aliphatic rings. The van der Waals surface area contributed by atoms with Crippen molar-refractivity contribution in [3.05, 3.63) is 92.3 Å². The summed E-state index contributed by atoms with van der Waals surface area (Å²) in [7, 11) is -1.44. The number of pyridine rings is 1. The van der Waals surface area contributed by atoms with E-state index in [1.807, 2.05) is 17.4 Å². The SMILES string of the molecule is Cc1cccc(N2CCN(S3(Cc4csc5ccc(Cl)cc45)C=C(CBr)c4cc(Cl)ccc43)CC2)n1. The van der Waals surface area contributed by atoms with Crippen LogP contribution in [-0.4, -0.2) is 40.8 Å². The van der Waals surface area contributed by atoms with Crippen molar-refractivity contribution in [1.82, 2.24) is 9.29 Å². The van der Waals surface area contributed by atoms with Crippen molar-refractivity contribution in [2.24, 2.45) is 0 Å². The van der Waals surface area contributed by atoms with E-state index in [1.54, 1.807) is 0 Å². The molecule has 0 spiro atoms. The van der Waals surface area contributed by atoms with Crippen molar-refractivity contribution in [3.8, 4) is 0 Å². The van der Waals surface area contributed by atoms with Crippen LogP contribution >= 0.6 is 60.7 Å². The number of halogens is 3. The summed E-state index contributed by atoms with van der Waals surface area (Å²) < 4.78 is 4.04. The molecule has 2 aliphatic heterocycles. The number of rotatable bonds is 5. The maximum Gasteiger partial charge on any atom is 0.128 e. The average Bonchev–Trinajstić information content (AvgIpc) is 3.42. The van der Waals surface area contributed by atoms with Gasteiger partial charge in [-0.25, -0.2) is 4.98 Å². The lowest BCUT2D eigenvalue weighted by Crippen LogP contribution is -2.47. The Morgan fingerprint density at radius 3 is 2.56 bits per heavy atom. The Morgan fingerprint density at radius 1 is 1.00 bits per heavy atom. The smallest absolute Gasteiger partial charge is 0.128 e. The zero-order chi connectivity index (χ0) is 24.9. The third kappa shape index (κ3) is 4.40. The Morgan fingerprint density at radius 2 is 1.78 bits per heavy atom. The van der Waals surface area contributed by atoms with Gasteiger partial charge in [0.25, 0.3) is 0 Å². The van der Waals surface area contributed by atoms with E-state index in [4.69, 9.17) is 28.2 Å². The maximum atomic E-state index is 6.49. The normalized spacial score (nSPS) is 21.9. The minimum Gasteiger partial charge on any atom is -0.354 e. The van der Waals surface area contributed by atoms with Gasteiger partial charge < -0.3 is 4.90 Å². The maximum absolute atomic E-state index is 6.49. The number of fused-ring (bicyclic) bond motifs is 2. The molecule has 0 saturated carbocycles. The van der Waals surface area contributed by atoms with Crippen LogP contribution in [0.3, 0.4) is 0 Å². The Kier molecular flexibility index (Phi) is 6.86. The molecule has 4 aromatic rings. The Balaban J connectivity index is 1.41. The highest BCUT2D eigenvalue weighted by Gasteiger charge is 2.40. The van der Waals surface area contributed by atoms with Gasteiger partial charge in [-0.3, -0.25) is 4.31 Å². The van der Waals surface area contributed by atoms with Crippen molar-refractivity contribution in [3.63, 3.8) is 0 Å². The number of anilines is 1. The Labute approximate surface area is 236 Å². The van der Waals surface area contributed by atoms with E-state index in [0.717, 1.165) is 58.8 Å². The molecule has 0 radical (unpaired) electrons. The fraction of sp³-hybridized carbons (Fsp3) is 0.250. The molecule has 36 heavy (non-hydrogen) atoms. The van der Waals surface area contributed by atoms with Crippen LogP contribution < -0.4 is 4.90 Å². The fourth-order valence-corrected chi connectivity index (χ4v) is 11.4. The number of piperazine rings is 1. The molecule has 2 aromatic carbocycles. The van der Waals surface area contributed by atoms with Gasteiger partial charge in [-0.1, -0.05) is 45.2 Å². The quantitative estimate of drug-likeness (QED) is 0.208. The predicted molar refractivity (Wildman–Crippen MR) is 162 cm³/mol. The molecule has 0 amide bonds. The molecule has 1 saturated heterocycles. The molecule has 1 atom stereocenters. The van der Waals surface area contributed by atoms with Gasteiger partial charge in [0.1, 0.15) is 5.82 Å². The Bertz CT molecular complexity index is 1480. The second-order valence-corrected chi connectivity index (χ2v) is 14.6. The van der Waals surface area contributed by atoms with Crippen molar-refractivity contribution >= 4 is 82.2 Å². The van der Waals surface area contributed by atoms with E-state index in [2.05, 4.69) is 91.4 Å². The predicted octanol–water partition coefficient (Wildman–Crippen LogP) is 8.76. The number of hydrogen-bond donors (Lipinski definition) is 0. The highest BCUT2D eigenvalue weighted by molar-refractivity contribution is 9.09. The van der Waals surface area contributed by atoms with E-state index in [9.17, 15) is 0 Å². The summed E-state index contributed by atoms with van der Waals surface area (Å²) in [5.41, 5.74) is 5.06. The molecule has 1 unspecified atom stereocenters. The molecule has 0 bridgehead atoms. The molecule has 8 heteroatoms. The zero-order valence-electron chi connectivity index (χ0n) is 19.9. The molecule has 0 N–H and O–H groups in total. The summed E-state index contributed by atoms with van der Waals surface area (Å²) in [6.07, 6.45) is 0. The molecule has 186 valence electrons. The van der Waals surface area contributed by atoms with E-state index >= 15 is 0 Å². The van der Waals surface area contributed by atoms with Crippen LogP contribution in [0.1, 0.15) is 16.8 Å². The van der Waals surface area contributed by atoms with Gasteiger partial charge in [-0.05, 0) is 88.3 Å². The lowest BCUT2D eigenvalue weighted by molar-refractivity contribution is 0.418. The van der Waals surface area contributed by atoms with Crippen LogP contribution in [0.25, 0.3) is 15.7 Å². The van der Waals surface area contributed by atoms with E-state index in [-0.39, 0.29) is 0 Å². The molecule has 3 nitrogen and oxygen atoms in total. The van der Waals surface area contributed by atoms with Gasteiger partial charge in [-0.2, -0.15) is 0 Å². The highest BCUT2D eigenvalue weighted by Crippen LogP contribution is 2.69. The number of alkyl halides is 1. The van der Waals surface area contributed by atoms with Gasteiger partial charge in [0.05, 0.1) is 0 Å². The lowest BCUT2D eigenvalue weighted by Gasteiger charge is -2.49. The number of benzene rings is 2. The summed E-state index contributed by atoms with van der Waals surface area (Å²) in [6.45, 7) is 5.96. The van der Waals surface area contributed by atoms with Crippen molar-refractivity contribution in [2.45, 2.75) is 17.6 Å². The van der Waals surface area contributed by atoms with Gasteiger partial charge in [0.15, 0.2) is 0 Å². The number of aromatic nitrogens is 1. The van der Waals surface area contributed by atoms with Crippen molar-refractivity contribution in [1.29, 1.82) is 0 Å². The van der Waals surface area contributed by atoms with Crippen LogP contribution in [0.15, 0.2) is 70.3 Å². The van der Waals surface area contributed by atoms with Gasteiger partial charge >= 0.3 is 0 Å². The molecule has 2 aromatic heterocycles. The largest absolute Gasteiger partial charge is 0.354 e. The second-order valence-electron chi connectivity index (χ2n) is 9.27. The molecular formula is C28H26BrCl2N3S2. The first kappa shape index (κ1) is 24.8.